The maximum absolute atomic E-state index is 13.5. The van der Waals surface area contributed by atoms with Crippen LogP contribution in [0, 0.1) is 11.3 Å². The molecule has 1 atom stereocenters. The first-order valence-electron chi connectivity index (χ1n) is 20.7. The molecule has 18 heteroatoms. The van der Waals surface area contributed by atoms with E-state index in [0.29, 0.717) is 83.2 Å². The molecule has 5 aromatic rings. The fourth-order valence-corrected chi connectivity index (χ4v) is 7.51. The largest absolute Gasteiger partial charge is 0.493 e. The van der Waals surface area contributed by atoms with Gasteiger partial charge in [0.05, 0.1) is 79.4 Å². The number of piperidine rings is 1. The number of amides is 5. The molecular weight excluding hydrogens is 864 g/mol. The van der Waals surface area contributed by atoms with Crippen molar-refractivity contribution >= 4 is 57.8 Å². The predicted molar refractivity (Wildman–Crippen MR) is 235 cm³/mol. The Hall–Kier alpha value is -7.10. The molecule has 5 amide bonds. The van der Waals surface area contributed by atoms with E-state index < -0.39 is 29.7 Å². The Morgan fingerprint density at radius 2 is 1.43 bits per heavy atom. The van der Waals surface area contributed by atoms with E-state index in [0.717, 1.165) is 4.90 Å². The van der Waals surface area contributed by atoms with Gasteiger partial charge in [-0.15, -0.1) is 0 Å². The molecule has 1 saturated heterocycles. The standard InChI is InChI=1S/C47H43ClN4O13/c1-3-62-41-25-43-37(23-35(41)29-18-28(26-49)19-30(20-29)50-27(2)53)40(54)24-42(65-43)34-7-5-32(22-38(34)48)64-17-15-61-13-11-59-10-12-60-14-16-63-31-4-6-33-36(21-31)47(58)52(46(33)57)39-8-9-44(55)51-45(39)56/h4-7,18-25,39H,3,8-17H2,1-2H3,(H,50,53)(H,51,55,56). The first kappa shape index (κ1) is 45.9. The third-order valence-electron chi connectivity index (χ3n) is 10.2. The topological polar surface area (TPSA) is 222 Å². The lowest BCUT2D eigenvalue weighted by atomic mass is 9.99. The van der Waals surface area contributed by atoms with Gasteiger partial charge in [-0.1, -0.05) is 11.6 Å². The van der Waals surface area contributed by atoms with Gasteiger partial charge in [0, 0.05) is 42.3 Å². The van der Waals surface area contributed by atoms with Crippen molar-refractivity contribution in [2.24, 2.45) is 0 Å². The van der Waals surface area contributed by atoms with Crippen molar-refractivity contribution in [3.05, 3.63) is 105 Å². The molecule has 7 rings (SSSR count). The molecule has 0 bridgehead atoms. The van der Waals surface area contributed by atoms with Gasteiger partial charge < -0.3 is 38.2 Å². The number of nitriles is 1. The summed E-state index contributed by atoms with van der Waals surface area (Å²) in [5.74, 6) is -1.09. The number of hydrogen-bond acceptors (Lipinski definition) is 14. The van der Waals surface area contributed by atoms with Crippen LogP contribution < -0.4 is 30.3 Å². The number of halogens is 1. The van der Waals surface area contributed by atoms with Crippen LogP contribution >= 0.6 is 11.6 Å². The third kappa shape index (κ3) is 11.0. The van der Waals surface area contributed by atoms with Gasteiger partial charge in [0.15, 0.2) is 5.43 Å². The Morgan fingerprint density at radius 1 is 0.785 bits per heavy atom. The molecule has 4 aromatic carbocycles. The maximum atomic E-state index is 13.5. The average Bonchev–Trinajstić information content (AvgIpc) is 3.52. The summed E-state index contributed by atoms with van der Waals surface area (Å²) in [6.07, 6.45) is 0.119. The zero-order valence-corrected chi connectivity index (χ0v) is 36.1. The summed E-state index contributed by atoms with van der Waals surface area (Å²) < 4.78 is 40.3. The molecule has 3 heterocycles. The molecule has 0 saturated carbocycles. The van der Waals surface area contributed by atoms with E-state index in [1.807, 2.05) is 6.92 Å². The summed E-state index contributed by atoms with van der Waals surface area (Å²) in [6.45, 7) is 5.74. The number of nitrogens with one attached hydrogen (secondary N) is 2. The Kier molecular flexibility index (Phi) is 14.9. The second-order valence-corrected chi connectivity index (χ2v) is 15.1. The molecule has 0 aliphatic carbocycles. The lowest BCUT2D eigenvalue weighted by Crippen LogP contribution is -2.54. The van der Waals surface area contributed by atoms with E-state index in [-0.39, 0.29) is 78.5 Å². The maximum Gasteiger partial charge on any atom is 0.262 e. The molecule has 2 aliphatic heterocycles. The second kappa shape index (κ2) is 21.1. The van der Waals surface area contributed by atoms with Gasteiger partial charge >= 0.3 is 0 Å². The highest BCUT2D eigenvalue weighted by atomic mass is 35.5. The highest BCUT2D eigenvalue weighted by Gasteiger charge is 2.44. The normalized spacial score (nSPS) is 14.6. The minimum atomic E-state index is -1.04. The van der Waals surface area contributed by atoms with Gasteiger partial charge in [-0.3, -0.25) is 39.0 Å². The molecule has 1 aromatic heterocycles. The highest BCUT2D eigenvalue weighted by Crippen LogP contribution is 2.38. The summed E-state index contributed by atoms with van der Waals surface area (Å²) in [5, 5.41) is 15.1. The van der Waals surface area contributed by atoms with Crippen LogP contribution in [0.25, 0.3) is 33.4 Å². The van der Waals surface area contributed by atoms with Crippen molar-refractivity contribution in [1.82, 2.24) is 10.2 Å². The van der Waals surface area contributed by atoms with E-state index in [1.165, 1.54) is 25.1 Å². The van der Waals surface area contributed by atoms with Crippen LogP contribution in [0.2, 0.25) is 5.02 Å². The molecule has 0 radical (unpaired) electrons. The molecule has 1 fully saturated rings. The molecule has 0 spiro atoms. The number of imide groups is 2. The number of nitrogens with zero attached hydrogens (tertiary/aromatic N) is 2. The Labute approximate surface area is 377 Å². The smallest absolute Gasteiger partial charge is 0.262 e. The second-order valence-electron chi connectivity index (χ2n) is 14.7. The average molecular weight is 907 g/mol. The highest BCUT2D eigenvalue weighted by molar-refractivity contribution is 6.33. The zero-order valence-electron chi connectivity index (χ0n) is 35.4. The lowest BCUT2D eigenvalue weighted by Gasteiger charge is -2.27. The lowest BCUT2D eigenvalue weighted by molar-refractivity contribution is -0.136. The van der Waals surface area contributed by atoms with Crippen molar-refractivity contribution in [3.8, 4) is 45.8 Å². The van der Waals surface area contributed by atoms with Gasteiger partial charge in [0.2, 0.25) is 17.7 Å². The van der Waals surface area contributed by atoms with E-state index >= 15 is 0 Å². The van der Waals surface area contributed by atoms with Gasteiger partial charge in [0.1, 0.15) is 47.8 Å². The number of carbonyl (C=O) groups is 5. The van der Waals surface area contributed by atoms with Gasteiger partial charge in [-0.25, -0.2) is 0 Å². The number of anilines is 1. The summed E-state index contributed by atoms with van der Waals surface area (Å²) in [5.41, 5.74) is 2.59. The monoisotopic (exact) mass is 906 g/mol. The molecule has 2 aliphatic rings. The van der Waals surface area contributed by atoms with Crippen LogP contribution in [-0.4, -0.2) is 99.9 Å². The molecule has 2 N–H and O–H groups in total. The van der Waals surface area contributed by atoms with Crippen LogP contribution in [0.1, 0.15) is 53.0 Å². The summed E-state index contributed by atoms with van der Waals surface area (Å²) in [7, 11) is 0. The molecular formula is C47H43ClN4O13. The summed E-state index contributed by atoms with van der Waals surface area (Å²) in [6, 6.07) is 20.1. The van der Waals surface area contributed by atoms with Gasteiger partial charge in [-0.05, 0) is 79.6 Å². The third-order valence-corrected chi connectivity index (χ3v) is 10.5. The van der Waals surface area contributed by atoms with Crippen LogP contribution in [0.3, 0.4) is 0 Å². The van der Waals surface area contributed by atoms with Crippen molar-refractivity contribution in [2.45, 2.75) is 32.7 Å². The number of ether oxygens (including phenoxy) is 6. The van der Waals surface area contributed by atoms with Gasteiger partial charge in [-0.2, -0.15) is 5.26 Å². The van der Waals surface area contributed by atoms with E-state index in [4.69, 9.17) is 44.4 Å². The van der Waals surface area contributed by atoms with Gasteiger partial charge in [0.25, 0.3) is 11.8 Å². The Balaban J connectivity index is 0.812. The summed E-state index contributed by atoms with van der Waals surface area (Å²) in [4.78, 5) is 75.8. The van der Waals surface area contributed by atoms with Crippen molar-refractivity contribution in [3.63, 3.8) is 0 Å². The van der Waals surface area contributed by atoms with Crippen LogP contribution in [0.15, 0.2) is 82.0 Å². The van der Waals surface area contributed by atoms with Crippen molar-refractivity contribution in [2.75, 3.05) is 64.8 Å². The minimum absolute atomic E-state index is 0.0417. The Bertz CT molecular complexity index is 2770. The van der Waals surface area contributed by atoms with Crippen LogP contribution in [-0.2, 0) is 28.6 Å². The number of rotatable bonds is 20. The predicted octanol–water partition coefficient (Wildman–Crippen LogP) is 5.92. The fraction of sp³-hybridized carbons (Fsp3) is 0.298. The fourth-order valence-electron chi connectivity index (χ4n) is 7.24. The van der Waals surface area contributed by atoms with E-state index in [9.17, 15) is 34.0 Å². The first-order chi connectivity index (χ1) is 31.4. The minimum Gasteiger partial charge on any atom is -0.493 e. The molecule has 1 unspecified atom stereocenters. The SMILES string of the molecule is CCOc1cc2oc(-c3ccc(OCCOCCOCCOCCOc4ccc5c(c4)C(=O)N(C4CCC(=O)NC4=O)C5=O)cc3Cl)cc(=O)c2cc1-c1cc(C#N)cc(NC(C)=O)c1. The van der Waals surface area contributed by atoms with E-state index in [2.05, 4.69) is 16.7 Å². The number of fused-ring (bicyclic) bond motifs is 2. The van der Waals surface area contributed by atoms with E-state index in [1.54, 1.807) is 54.6 Å². The molecule has 65 heavy (non-hydrogen) atoms. The molecule has 336 valence electrons. The van der Waals surface area contributed by atoms with Crippen LogP contribution in [0.4, 0.5) is 5.69 Å². The first-order valence-corrected chi connectivity index (χ1v) is 21.0. The van der Waals surface area contributed by atoms with Crippen LogP contribution in [0.5, 0.6) is 17.2 Å². The van der Waals surface area contributed by atoms with Crippen molar-refractivity contribution < 1.29 is 56.8 Å². The summed E-state index contributed by atoms with van der Waals surface area (Å²) >= 11 is 6.65. The zero-order chi connectivity index (χ0) is 46.0. The number of benzene rings is 4. The number of hydrogen-bond donors (Lipinski definition) is 2. The van der Waals surface area contributed by atoms with Crippen molar-refractivity contribution in [1.29, 1.82) is 5.26 Å². The quantitative estimate of drug-likeness (QED) is 0.0684. The molecule has 17 nitrogen and oxygen atoms in total. The Morgan fingerprint density at radius 3 is 2.06 bits per heavy atom. The number of carbonyl (C=O) groups excluding carboxylic acids is 5.